The minimum absolute atomic E-state index is 0.435. The summed E-state index contributed by atoms with van der Waals surface area (Å²) in [5, 5.41) is 0. The smallest absolute Gasteiger partial charge is 0.0166 e. The molecule has 0 saturated carbocycles. The molecule has 0 amide bonds. The van der Waals surface area contributed by atoms with Gasteiger partial charge in [-0.2, -0.15) is 0 Å². The highest BCUT2D eigenvalue weighted by atomic mass is 15.1. The van der Waals surface area contributed by atoms with Crippen LogP contribution in [-0.2, 0) is 0 Å². The third-order valence-electron chi connectivity index (χ3n) is 4.13. The fraction of sp³-hybridized carbons (Fsp3) is 0.600. The second-order valence-corrected chi connectivity index (χ2v) is 6.07. The van der Waals surface area contributed by atoms with Crippen LogP contribution in [0.3, 0.4) is 0 Å². The number of allylic oxidation sites excluding steroid dienone is 6. The second kappa shape index (κ2) is 10.5. The lowest BCUT2D eigenvalue weighted by Crippen LogP contribution is -2.17. The maximum atomic E-state index is 4.15. The molecule has 0 aliphatic heterocycles. The molecule has 0 aliphatic rings. The van der Waals surface area contributed by atoms with Gasteiger partial charge in [0, 0.05) is 19.5 Å². The summed E-state index contributed by atoms with van der Waals surface area (Å²) < 4.78 is 0. The average Bonchev–Trinajstić information content (AvgIpc) is 2.42. The Labute approximate surface area is 133 Å². The first-order valence-corrected chi connectivity index (χ1v) is 8.20. The predicted octanol–water partition coefficient (Wildman–Crippen LogP) is 5.97. The van der Waals surface area contributed by atoms with E-state index in [2.05, 4.69) is 84.5 Å². The molecule has 0 aromatic heterocycles. The summed E-state index contributed by atoms with van der Waals surface area (Å²) in [6.07, 6.45) is 11.3. The van der Waals surface area contributed by atoms with Gasteiger partial charge < -0.3 is 4.90 Å². The van der Waals surface area contributed by atoms with Crippen molar-refractivity contribution in [2.75, 3.05) is 13.6 Å². The summed E-state index contributed by atoms with van der Waals surface area (Å²) in [4.78, 5) is 2.30. The molecule has 1 heteroatoms. The van der Waals surface area contributed by atoms with Gasteiger partial charge in [-0.25, -0.2) is 0 Å². The number of nitrogens with zero attached hydrogens (tertiary/aromatic N) is 1. The van der Waals surface area contributed by atoms with Crippen LogP contribution in [0.4, 0.5) is 0 Å². The van der Waals surface area contributed by atoms with E-state index in [0.29, 0.717) is 11.8 Å². The lowest BCUT2D eigenvalue weighted by molar-refractivity contribution is 0.444. The second-order valence-electron chi connectivity index (χ2n) is 6.07. The largest absolute Gasteiger partial charge is 0.380 e. The molecular formula is C20H35N. The maximum Gasteiger partial charge on any atom is 0.0166 e. The van der Waals surface area contributed by atoms with Crippen molar-refractivity contribution < 1.29 is 0 Å². The molecule has 0 rings (SSSR count). The molecule has 0 fully saturated rings. The minimum atomic E-state index is 0.435. The molecule has 120 valence electrons. The van der Waals surface area contributed by atoms with E-state index in [1.54, 1.807) is 0 Å². The highest BCUT2D eigenvalue weighted by Gasteiger charge is 2.20. The lowest BCUT2D eigenvalue weighted by Gasteiger charge is -2.27. The molecule has 0 heterocycles. The third kappa shape index (κ3) is 6.84. The third-order valence-corrected chi connectivity index (χ3v) is 4.13. The molecule has 2 atom stereocenters. The van der Waals surface area contributed by atoms with Crippen molar-refractivity contribution >= 4 is 0 Å². The van der Waals surface area contributed by atoms with Crippen LogP contribution >= 0.6 is 0 Å². The molecular weight excluding hydrogens is 254 g/mol. The number of rotatable bonds is 9. The van der Waals surface area contributed by atoms with Gasteiger partial charge in [-0.15, -0.1) is 0 Å². The van der Waals surface area contributed by atoms with Crippen LogP contribution in [-0.4, -0.2) is 18.5 Å². The molecule has 21 heavy (non-hydrogen) atoms. The van der Waals surface area contributed by atoms with Crippen molar-refractivity contribution in [3.8, 4) is 0 Å². The van der Waals surface area contributed by atoms with Crippen LogP contribution in [0.5, 0.6) is 0 Å². The summed E-state index contributed by atoms with van der Waals surface area (Å²) >= 11 is 0. The zero-order valence-corrected chi connectivity index (χ0v) is 15.2. The van der Waals surface area contributed by atoms with Crippen molar-refractivity contribution in [2.24, 2.45) is 11.8 Å². The summed E-state index contributed by atoms with van der Waals surface area (Å²) in [6.45, 7) is 18.4. The van der Waals surface area contributed by atoms with Crippen LogP contribution in [0, 0.1) is 11.8 Å². The first kappa shape index (κ1) is 19.8. The van der Waals surface area contributed by atoms with E-state index in [0.717, 1.165) is 13.0 Å². The summed E-state index contributed by atoms with van der Waals surface area (Å²) in [5.74, 6) is 0.905. The van der Waals surface area contributed by atoms with Crippen molar-refractivity contribution in [2.45, 2.75) is 54.4 Å². The van der Waals surface area contributed by atoms with Crippen LogP contribution in [0.25, 0.3) is 0 Å². The van der Waals surface area contributed by atoms with E-state index < -0.39 is 0 Å². The van der Waals surface area contributed by atoms with Gasteiger partial charge in [0.15, 0.2) is 0 Å². The van der Waals surface area contributed by atoms with Crippen molar-refractivity contribution in [3.63, 3.8) is 0 Å². The Morgan fingerprint density at radius 1 is 1.24 bits per heavy atom. The topological polar surface area (TPSA) is 3.24 Å². The monoisotopic (exact) mass is 289 g/mol. The van der Waals surface area contributed by atoms with Crippen LogP contribution in [0.1, 0.15) is 54.4 Å². The SMILES string of the molecule is C=C(C)C(C)/C(=C\C)C(C/C=C\C)/C(C)=C\N(C)CCC. The summed E-state index contributed by atoms with van der Waals surface area (Å²) in [5.41, 5.74) is 4.16. The van der Waals surface area contributed by atoms with Gasteiger partial charge >= 0.3 is 0 Å². The Hall–Kier alpha value is -1.24. The Balaban J connectivity index is 5.39. The van der Waals surface area contributed by atoms with E-state index >= 15 is 0 Å². The maximum absolute atomic E-state index is 4.15. The zero-order valence-electron chi connectivity index (χ0n) is 15.2. The van der Waals surface area contributed by atoms with Crippen molar-refractivity contribution in [3.05, 3.63) is 47.7 Å². The first-order chi connectivity index (χ1) is 9.88. The fourth-order valence-corrected chi connectivity index (χ4v) is 2.75. The minimum Gasteiger partial charge on any atom is -0.380 e. The number of hydrogen-bond acceptors (Lipinski definition) is 1. The average molecular weight is 290 g/mol. The van der Waals surface area contributed by atoms with Gasteiger partial charge in [-0.05, 0) is 58.2 Å². The Kier molecular flexibility index (Phi) is 9.86. The molecule has 0 saturated heterocycles. The quantitative estimate of drug-likeness (QED) is 0.472. The molecule has 0 N–H and O–H groups in total. The Morgan fingerprint density at radius 3 is 2.29 bits per heavy atom. The molecule has 2 unspecified atom stereocenters. The van der Waals surface area contributed by atoms with Crippen molar-refractivity contribution in [1.82, 2.24) is 4.90 Å². The number of hydrogen-bond donors (Lipinski definition) is 0. The van der Waals surface area contributed by atoms with Gasteiger partial charge in [-0.3, -0.25) is 0 Å². The molecule has 0 bridgehead atoms. The van der Waals surface area contributed by atoms with Gasteiger partial charge in [-0.1, -0.05) is 49.8 Å². The molecule has 0 spiro atoms. The highest BCUT2D eigenvalue weighted by molar-refractivity contribution is 5.27. The van der Waals surface area contributed by atoms with E-state index in [1.165, 1.54) is 23.1 Å². The van der Waals surface area contributed by atoms with Gasteiger partial charge in [0.1, 0.15) is 0 Å². The molecule has 0 aromatic carbocycles. The van der Waals surface area contributed by atoms with Gasteiger partial charge in [0.25, 0.3) is 0 Å². The van der Waals surface area contributed by atoms with E-state index in [-0.39, 0.29) is 0 Å². The van der Waals surface area contributed by atoms with Gasteiger partial charge in [0.05, 0.1) is 0 Å². The Morgan fingerprint density at radius 2 is 1.86 bits per heavy atom. The van der Waals surface area contributed by atoms with Crippen LogP contribution < -0.4 is 0 Å². The predicted molar refractivity (Wildman–Crippen MR) is 97.3 cm³/mol. The van der Waals surface area contributed by atoms with E-state index in [9.17, 15) is 0 Å². The lowest BCUT2D eigenvalue weighted by atomic mass is 9.80. The molecule has 0 radical (unpaired) electrons. The molecule has 0 aliphatic carbocycles. The highest BCUT2D eigenvalue weighted by Crippen LogP contribution is 2.33. The standard InChI is InChI=1S/C20H35N/c1-9-12-13-20(17(6)15-21(8)14-10-2)19(11-3)18(7)16(4)5/h9,11-12,15,18,20H,4,10,13-14H2,1-3,5-8H3/b12-9-,17-15-,19-11+. The van der Waals surface area contributed by atoms with Crippen LogP contribution in [0.2, 0.25) is 0 Å². The normalized spacial score (nSPS) is 16.1. The first-order valence-electron chi connectivity index (χ1n) is 8.20. The fourth-order valence-electron chi connectivity index (χ4n) is 2.75. The Bertz CT molecular complexity index is 398. The van der Waals surface area contributed by atoms with Gasteiger partial charge in [0.2, 0.25) is 0 Å². The van der Waals surface area contributed by atoms with Crippen molar-refractivity contribution in [1.29, 1.82) is 0 Å². The summed E-state index contributed by atoms with van der Waals surface area (Å²) in [7, 11) is 2.16. The molecule has 0 aromatic rings. The van der Waals surface area contributed by atoms with Crippen LogP contribution in [0.15, 0.2) is 47.7 Å². The summed E-state index contributed by atoms with van der Waals surface area (Å²) in [6, 6.07) is 0. The van der Waals surface area contributed by atoms with E-state index in [1.807, 2.05) is 0 Å². The molecule has 1 nitrogen and oxygen atoms in total. The zero-order chi connectivity index (χ0) is 16.4. The van der Waals surface area contributed by atoms with E-state index in [4.69, 9.17) is 0 Å².